The fourth-order valence-electron chi connectivity index (χ4n) is 9.23. The second kappa shape index (κ2) is 8.83. The second-order valence-corrected chi connectivity index (χ2v) is 12.8. The smallest absolute Gasteiger partial charge is 0.155 e. The highest BCUT2D eigenvalue weighted by molar-refractivity contribution is 5.91. The van der Waals surface area contributed by atoms with E-state index < -0.39 is 0 Å². The Morgan fingerprint density at radius 2 is 1.84 bits per heavy atom. The van der Waals surface area contributed by atoms with Crippen molar-refractivity contribution in [3.05, 3.63) is 24.8 Å². The first-order chi connectivity index (χ1) is 14.7. The molecule has 0 aliphatic heterocycles. The zero-order valence-electron chi connectivity index (χ0n) is 21.0. The first kappa shape index (κ1) is 23.3. The van der Waals surface area contributed by atoms with Gasteiger partial charge < -0.3 is 0 Å². The third-order valence-electron chi connectivity index (χ3n) is 11.2. The van der Waals surface area contributed by atoms with Crippen molar-refractivity contribution < 1.29 is 4.79 Å². The molecule has 0 heterocycles. The van der Waals surface area contributed by atoms with Crippen molar-refractivity contribution in [2.45, 2.75) is 98.8 Å². The Labute approximate surface area is 192 Å². The van der Waals surface area contributed by atoms with Crippen LogP contribution in [0.5, 0.6) is 0 Å². The molecule has 3 fully saturated rings. The van der Waals surface area contributed by atoms with Crippen LogP contribution in [0.25, 0.3) is 0 Å². The van der Waals surface area contributed by atoms with Crippen molar-refractivity contribution in [2.75, 3.05) is 0 Å². The molecular weight excluding hydrogens is 376 g/mol. The van der Waals surface area contributed by atoms with Gasteiger partial charge in [-0.1, -0.05) is 53.2 Å². The molecule has 0 saturated heterocycles. The van der Waals surface area contributed by atoms with E-state index in [1.807, 2.05) is 6.08 Å². The van der Waals surface area contributed by atoms with E-state index in [-0.39, 0.29) is 5.41 Å². The van der Waals surface area contributed by atoms with Gasteiger partial charge in [-0.15, -0.1) is 6.58 Å². The van der Waals surface area contributed by atoms with E-state index in [0.717, 1.165) is 47.8 Å². The largest absolute Gasteiger partial charge is 0.295 e. The van der Waals surface area contributed by atoms with Crippen LogP contribution in [0.1, 0.15) is 98.8 Å². The molecule has 0 radical (unpaired) electrons. The summed E-state index contributed by atoms with van der Waals surface area (Å²) in [5.41, 5.74) is 0.820. The molecule has 1 nitrogen and oxygen atoms in total. The Kier molecular flexibility index (Phi) is 6.64. The van der Waals surface area contributed by atoms with Crippen LogP contribution in [-0.2, 0) is 4.79 Å². The molecule has 174 valence electrons. The molecule has 0 bridgehead atoms. The van der Waals surface area contributed by atoms with Crippen LogP contribution in [0.15, 0.2) is 24.8 Å². The molecule has 4 rings (SSSR count). The lowest BCUT2D eigenvalue weighted by molar-refractivity contribution is -0.122. The maximum absolute atomic E-state index is 12.1. The zero-order chi connectivity index (χ0) is 22.4. The molecule has 1 heteroatoms. The predicted octanol–water partition coefficient (Wildman–Crippen LogP) is 8.26. The Bertz CT molecular complexity index is 703. The molecule has 31 heavy (non-hydrogen) atoms. The van der Waals surface area contributed by atoms with Crippen LogP contribution in [0.2, 0.25) is 0 Å². The molecule has 0 aromatic rings. The number of hydrogen-bond acceptors (Lipinski definition) is 1. The van der Waals surface area contributed by atoms with Crippen molar-refractivity contribution in [1.82, 2.24) is 0 Å². The van der Waals surface area contributed by atoms with E-state index in [1.165, 1.54) is 57.8 Å². The fraction of sp³-hybridized carbons (Fsp3) is 0.833. The van der Waals surface area contributed by atoms with Gasteiger partial charge in [-0.2, -0.15) is 0 Å². The summed E-state index contributed by atoms with van der Waals surface area (Å²) >= 11 is 0. The van der Waals surface area contributed by atoms with Gasteiger partial charge in [-0.05, 0) is 116 Å². The van der Waals surface area contributed by atoms with Gasteiger partial charge in [0.25, 0.3) is 0 Å². The van der Waals surface area contributed by atoms with Gasteiger partial charge in [0, 0.05) is 6.42 Å². The van der Waals surface area contributed by atoms with Crippen molar-refractivity contribution in [3.8, 4) is 0 Å². The summed E-state index contributed by atoms with van der Waals surface area (Å²) in [5.74, 6) is 6.89. The molecule has 0 amide bonds. The third kappa shape index (κ3) is 4.02. The molecule has 0 N–H and O–H groups in total. The molecular formula is C30H48O. The number of ketones is 1. The number of rotatable bonds is 7. The molecule has 3 saturated carbocycles. The fourth-order valence-corrected chi connectivity index (χ4v) is 9.23. The number of carbonyl (C=O) groups excluding carboxylic acids is 1. The number of carbonyl (C=O) groups is 1. The summed E-state index contributed by atoms with van der Waals surface area (Å²) < 4.78 is 0. The lowest BCUT2D eigenvalue weighted by atomic mass is 9.45. The minimum atomic E-state index is 0.275. The minimum absolute atomic E-state index is 0.275. The Morgan fingerprint density at radius 3 is 2.55 bits per heavy atom. The molecule has 2 unspecified atom stereocenters. The molecule has 4 aliphatic rings. The topological polar surface area (TPSA) is 17.1 Å². The number of hydrogen-bond donors (Lipinski definition) is 0. The molecule has 0 aromatic heterocycles. The van der Waals surface area contributed by atoms with E-state index >= 15 is 0 Å². The van der Waals surface area contributed by atoms with Crippen LogP contribution >= 0.6 is 0 Å². The van der Waals surface area contributed by atoms with Crippen molar-refractivity contribution >= 4 is 5.78 Å². The van der Waals surface area contributed by atoms with Gasteiger partial charge in [0.1, 0.15) is 0 Å². The average Bonchev–Trinajstić information content (AvgIpc) is 3.08. The predicted molar refractivity (Wildman–Crippen MR) is 132 cm³/mol. The van der Waals surface area contributed by atoms with Crippen LogP contribution in [-0.4, -0.2) is 5.78 Å². The average molecular weight is 425 g/mol. The van der Waals surface area contributed by atoms with E-state index in [1.54, 1.807) is 0 Å². The molecule has 4 aliphatic carbocycles. The normalized spacial score (nSPS) is 43.8. The van der Waals surface area contributed by atoms with Gasteiger partial charge in [-0.3, -0.25) is 4.79 Å². The maximum atomic E-state index is 12.1. The molecule has 0 aromatic carbocycles. The maximum Gasteiger partial charge on any atom is 0.155 e. The summed E-state index contributed by atoms with van der Waals surface area (Å²) in [4.78, 5) is 12.1. The quantitative estimate of drug-likeness (QED) is 0.376. The standard InChI is InChI=1S/C30H48O/c1-7-8-22(20(2)3)10-9-21(4)26-13-14-27-25-12-11-23-19-24(31)15-17-29(23,5)28(25)16-18-30(26,27)6/h7,15,17,20-23,25-28H,1,8-14,16,18-19H2,2-6H3/t21-,22?,23?,25+,26-,27+,28+,29+,30-/m1/s1. The Balaban J connectivity index is 1.46. The van der Waals surface area contributed by atoms with Crippen LogP contribution < -0.4 is 0 Å². The van der Waals surface area contributed by atoms with E-state index in [0.29, 0.717) is 17.1 Å². The Morgan fingerprint density at radius 1 is 1.06 bits per heavy atom. The van der Waals surface area contributed by atoms with E-state index in [9.17, 15) is 4.79 Å². The van der Waals surface area contributed by atoms with Crippen molar-refractivity contribution in [3.63, 3.8) is 0 Å². The minimum Gasteiger partial charge on any atom is -0.295 e. The van der Waals surface area contributed by atoms with E-state index in [4.69, 9.17) is 0 Å². The molecule has 0 spiro atoms. The SMILES string of the molecule is C=CCC(CC[C@@H](C)[C@H]1CC[C@H]2[C@@H]3CCC4CC(=O)C=C[C@]4(C)[C@H]3CC[C@]12C)C(C)C. The first-order valence-electron chi connectivity index (χ1n) is 13.5. The zero-order valence-corrected chi connectivity index (χ0v) is 21.0. The van der Waals surface area contributed by atoms with Gasteiger partial charge in [0.2, 0.25) is 0 Å². The summed E-state index contributed by atoms with van der Waals surface area (Å²) in [6.07, 6.45) is 19.5. The van der Waals surface area contributed by atoms with E-state index in [2.05, 4.69) is 53.3 Å². The summed E-state index contributed by atoms with van der Waals surface area (Å²) in [6, 6.07) is 0. The third-order valence-corrected chi connectivity index (χ3v) is 11.2. The Hall–Kier alpha value is -0.850. The summed E-state index contributed by atoms with van der Waals surface area (Å²) in [6.45, 7) is 16.5. The first-order valence-corrected chi connectivity index (χ1v) is 13.5. The summed E-state index contributed by atoms with van der Waals surface area (Å²) in [7, 11) is 0. The molecule has 9 atom stereocenters. The monoisotopic (exact) mass is 424 g/mol. The highest BCUT2D eigenvalue weighted by atomic mass is 16.1. The van der Waals surface area contributed by atoms with Gasteiger partial charge >= 0.3 is 0 Å². The van der Waals surface area contributed by atoms with Crippen LogP contribution in [0, 0.1) is 58.2 Å². The van der Waals surface area contributed by atoms with Gasteiger partial charge in [-0.25, -0.2) is 0 Å². The highest BCUT2D eigenvalue weighted by Gasteiger charge is 2.59. The van der Waals surface area contributed by atoms with Gasteiger partial charge in [0.05, 0.1) is 0 Å². The number of fused-ring (bicyclic) bond motifs is 5. The van der Waals surface area contributed by atoms with Crippen LogP contribution in [0.4, 0.5) is 0 Å². The van der Waals surface area contributed by atoms with Crippen molar-refractivity contribution in [2.24, 2.45) is 58.2 Å². The number of allylic oxidation sites excluding steroid dienone is 3. The summed E-state index contributed by atoms with van der Waals surface area (Å²) in [5, 5.41) is 0. The lowest BCUT2D eigenvalue weighted by Gasteiger charge is -2.59. The second-order valence-electron chi connectivity index (χ2n) is 12.8. The van der Waals surface area contributed by atoms with Gasteiger partial charge in [0.15, 0.2) is 5.78 Å². The highest BCUT2D eigenvalue weighted by Crippen LogP contribution is 2.67. The van der Waals surface area contributed by atoms with Crippen molar-refractivity contribution in [1.29, 1.82) is 0 Å². The lowest BCUT2D eigenvalue weighted by Crippen LogP contribution is -2.52. The van der Waals surface area contributed by atoms with Crippen LogP contribution in [0.3, 0.4) is 0 Å².